The van der Waals surface area contributed by atoms with Gasteiger partial charge in [-0.05, 0) is 0 Å². The zero-order valence-corrected chi connectivity index (χ0v) is 15.6. The predicted molar refractivity (Wildman–Crippen MR) is 78.8 cm³/mol. The van der Waals surface area contributed by atoms with Crippen LogP contribution >= 0.6 is 0 Å². The number of alkyl halides is 3. The maximum Gasteiger partial charge on any atom is 0.418 e. The first kappa shape index (κ1) is 21.3. The van der Waals surface area contributed by atoms with E-state index in [4.69, 9.17) is 0 Å². The maximum absolute atomic E-state index is 13.4. The van der Waals surface area contributed by atoms with Gasteiger partial charge in [-0.2, -0.15) is 13.2 Å². The van der Waals surface area contributed by atoms with Gasteiger partial charge in [0.25, 0.3) is 11.4 Å². The van der Waals surface area contributed by atoms with E-state index in [1.807, 2.05) is 14.1 Å². The average molecular weight is 476 g/mol. The Morgan fingerprint density at radius 2 is 1.60 bits per heavy atom. The van der Waals surface area contributed by atoms with Crippen molar-refractivity contribution in [3.63, 3.8) is 0 Å². The molecule has 0 aromatic heterocycles. The summed E-state index contributed by atoms with van der Waals surface area (Å²) in [6.45, 7) is 1.39. The number of nitrogens with zero attached hydrogens (tertiary/aromatic N) is 4. The molecule has 0 unspecified atom stereocenters. The van der Waals surface area contributed by atoms with Crippen molar-refractivity contribution in [1.29, 1.82) is 0 Å². The molecule has 0 aliphatic carbocycles. The molecule has 1 aromatic carbocycles. The second-order valence-electron chi connectivity index (χ2n) is 6.24. The molecule has 0 saturated carbocycles. The molecule has 0 N–H and O–H groups in total. The van der Waals surface area contributed by atoms with Crippen molar-refractivity contribution in [2.45, 2.75) is 6.18 Å². The van der Waals surface area contributed by atoms with E-state index in [0.29, 0.717) is 29.7 Å². The lowest BCUT2D eigenvalue weighted by Crippen LogP contribution is -3.00. The van der Waals surface area contributed by atoms with Gasteiger partial charge in [0, 0.05) is 6.07 Å². The summed E-state index contributed by atoms with van der Waals surface area (Å²) in [5.41, 5.74) is -3.80. The van der Waals surface area contributed by atoms with Gasteiger partial charge >= 0.3 is 6.18 Å². The molecule has 1 saturated heterocycles. The fourth-order valence-electron chi connectivity index (χ4n) is 2.63. The summed E-state index contributed by atoms with van der Waals surface area (Å²) < 4.78 is 40.7. The van der Waals surface area contributed by atoms with Crippen LogP contribution in [-0.4, -0.2) is 54.6 Å². The first-order valence-electron chi connectivity index (χ1n) is 7.03. The zero-order valence-electron chi connectivity index (χ0n) is 13.4. The van der Waals surface area contributed by atoms with Crippen LogP contribution in [0.15, 0.2) is 12.1 Å². The first-order valence-corrected chi connectivity index (χ1v) is 7.03. The summed E-state index contributed by atoms with van der Waals surface area (Å²) in [4.78, 5) is 21.3. The van der Waals surface area contributed by atoms with Gasteiger partial charge in [-0.1, -0.05) is 0 Å². The Hall–Kier alpha value is -1.70. The molecule has 12 heteroatoms. The predicted octanol–water partition coefficient (Wildman–Crippen LogP) is -0.578. The Balaban J connectivity index is 0.00000312. The van der Waals surface area contributed by atoms with Crippen LogP contribution in [0.1, 0.15) is 5.56 Å². The molecule has 1 aromatic rings. The number of nitro benzene ring substituents is 2. The number of hydrogen-bond donors (Lipinski definition) is 0. The van der Waals surface area contributed by atoms with E-state index in [2.05, 4.69) is 0 Å². The number of hydrogen-bond acceptors (Lipinski definition) is 5. The average Bonchev–Trinajstić information content (AvgIpc) is 2.45. The largest absolute Gasteiger partial charge is 1.00 e. The monoisotopic (exact) mass is 476 g/mol. The number of halogens is 4. The second kappa shape index (κ2) is 7.27. The number of nitro groups is 2. The lowest BCUT2D eigenvalue weighted by Gasteiger charge is -2.40. The van der Waals surface area contributed by atoms with Crippen LogP contribution < -0.4 is 28.9 Å². The molecule has 0 bridgehead atoms. The van der Waals surface area contributed by atoms with E-state index in [1.165, 1.54) is 4.90 Å². The van der Waals surface area contributed by atoms with E-state index in [1.54, 1.807) is 0 Å². The smallest absolute Gasteiger partial charge is 0.418 e. The lowest BCUT2D eigenvalue weighted by atomic mass is 10.1. The lowest BCUT2D eigenvalue weighted by molar-refractivity contribution is -0.890. The Bertz CT molecular complexity index is 687. The molecule has 25 heavy (non-hydrogen) atoms. The van der Waals surface area contributed by atoms with Crippen molar-refractivity contribution < 1.29 is 51.5 Å². The topological polar surface area (TPSA) is 89.5 Å². The number of quaternary nitrogens is 1. The van der Waals surface area contributed by atoms with Gasteiger partial charge in [-0.3, -0.25) is 20.2 Å². The molecule has 0 spiro atoms. The number of rotatable bonds is 3. The Kier molecular flexibility index (Phi) is 6.21. The van der Waals surface area contributed by atoms with Crippen molar-refractivity contribution in [2.75, 3.05) is 45.2 Å². The second-order valence-corrected chi connectivity index (χ2v) is 6.24. The fourth-order valence-corrected chi connectivity index (χ4v) is 2.63. The maximum atomic E-state index is 13.4. The standard InChI is InChI=1S/C13H16F3N4O4.HI/c1-20(2)5-3-17(4-6-20)12-10(13(14,15)16)7-9(18(21)22)8-11(12)19(23)24;/h7-8H,3-6H2,1-2H3;1H/q+1;/p-1. The van der Waals surface area contributed by atoms with E-state index in [0.717, 1.165) is 0 Å². The molecule has 1 aliphatic heterocycles. The highest BCUT2D eigenvalue weighted by molar-refractivity contribution is 5.72. The van der Waals surface area contributed by atoms with E-state index >= 15 is 0 Å². The van der Waals surface area contributed by atoms with Crippen LogP contribution in [0.2, 0.25) is 0 Å². The summed E-state index contributed by atoms with van der Waals surface area (Å²) in [6, 6.07) is 0.941. The van der Waals surface area contributed by atoms with Gasteiger partial charge in [-0.15, -0.1) is 0 Å². The van der Waals surface area contributed by atoms with Crippen molar-refractivity contribution in [3.05, 3.63) is 37.9 Å². The van der Waals surface area contributed by atoms with Gasteiger partial charge in [-0.25, -0.2) is 0 Å². The van der Waals surface area contributed by atoms with Gasteiger partial charge in [0.05, 0.1) is 61.8 Å². The third kappa shape index (κ3) is 4.68. The highest BCUT2D eigenvalue weighted by Crippen LogP contribution is 2.44. The molecule has 0 atom stereocenters. The molecule has 1 heterocycles. The van der Waals surface area contributed by atoms with Gasteiger partial charge in [0.1, 0.15) is 5.69 Å². The number of non-ortho nitro benzene ring substituents is 1. The minimum Gasteiger partial charge on any atom is -1.00 e. The number of piperazine rings is 1. The highest BCUT2D eigenvalue weighted by Gasteiger charge is 2.42. The number of likely N-dealkylation sites (N-methyl/N-ethyl adjacent to an activating group) is 1. The van der Waals surface area contributed by atoms with Crippen LogP contribution in [0.5, 0.6) is 0 Å². The molecule has 8 nitrogen and oxygen atoms in total. The van der Waals surface area contributed by atoms with Crippen molar-refractivity contribution in [1.82, 2.24) is 0 Å². The van der Waals surface area contributed by atoms with Crippen LogP contribution in [0.25, 0.3) is 0 Å². The van der Waals surface area contributed by atoms with Crippen molar-refractivity contribution in [2.24, 2.45) is 0 Å². The highest BCUT2D eigenvalue weighted by atomic mass is 127. The number of anilines is 1. The molecule has 2 rings (SSSR count). The summed E-state index contributed by atoms with van der Waals surface area (Å²) in [6.07, 6.45) is -4.94. The summed E-state index contributed by atoms with van der Waals surface area (Å²) in [5, 5.41) is 22.1. The minimum atomic E-state index is -4.94. The van der Waals surface area contributed by atoms with Gasteiger partial charge in [0.2, 0.25) is 0 Å². The van der Waals surface area contributed by atoms with Gasteiger partial charge in [0.15, 0.2) is 0 Å². The SMILES string of the molecule is C[N+]1(C)CCN(c2c([N+](=O)[O-])cc([N+](=O)[O-])cc2C(F)(F)F)CC1.[I-]. The normalized spacial score (nSPS) is 16.9. The molecule has 0 amide bonds. The molecule has 1 fully saturated rings. The Morgan fingerprint density at radius 1 is 1.08 bits per heavy atom. The molecular weight excluding hydrogens is 460 g/mol. The third-order valence-electron chi connectivity index (χ3n) is 4.05. The van der Waals surface area contributed by atoms with Crippen molar-refractivity contribution >= 4 is 17.1 Å². The molecule has 140 valence electrons. The fraction of sp³-hybridized carbons (Fsp3) is 0.538. The zero-order chi connectivity index (χ0) is 18.3. The van der Waals surface area contributed by atoms with E-state index < -0.39 is 38.6 Å². The van der Waals surface area contributed by atoms with Crippen LogP contribution in [-0.2, 0) is 6.18 Å². The Labute approximate surface area is 158 Å². The summed E-state index contributed by atoms with van der Waals surface area (Å²) in [7, 11) is 3.82. The van der Waals surface area contributed by atoms with Crippen LogP contribution in [0.3, 0.4) is 0 Å². The van der Waals surface area contributed by atoms with Crippen molar-refractivity contribution in [3.8, 4) is 0 Å². The molecule has 0 radical (unpaired) electrons. The van der Waals surface area contributed by atoms with Gasteiger partial charge < -0.3 is 33.4 Å². The van der Waals surface area contributed by atoms with E-state index in [-0.39, 0.29) is 37.1 Å². The van der Waals surface area contributed by atoms with E-state index in [9.17, 15) is 33.4 Å². The number of benzene rings is 1. The first-order chi connectivity index (χ1) is 10.9. The quantitative estimate of drug-likeness (QED) is 0.252. The summed E-state index contributed by atoms with van der Waals surface area (Å²) in [5.74, 6) is 0. The minimum absolute atomic E-state index is 0. The Morgan fingerprint density at radius 3 is 2.00 bits per heavy atom. The summed E-state index contributed by atoms with van der Waals surface area (Å²) >= 11 is 0. The molecule has 1 aliphatic rings. The van der Waals surface area contributed by atoms with Crippen LogP contribution in [0.4, 0.5) is 30.2 Å². The third-order valence-corrected chi connectivity index (χ3v) is 4.05. The van der Waals surface area contributed by atoms with Crippen LogP contribution in [0, 0.1) is 20.2 Å². The molecular formula is C13H16F3IN4O4.